The maximum Gasteiger partial charge on any atom is 0.293 e. The molecule has 0 radical (unpaired) electrons. The summed E-state index contributed by atoms with van der Waals surface area (Å²) in [4.78, 5) is 16.5. The van der Waals surface area contributed by atoms with E-state index in [4.69, 9.17) is 0 Å². The summed E-state index contributed by atoms with van der Waals surface area (Å²) in [6.07, 6.45) is 5.50. The molecule has 2 rings (SSSR count). The summed E-state index contributed by atoms with van der Waals surface area (Å²) in [5.74, 6) is 0.472. The fraction of sp³-hybridized carbons (Fsp3) is 0.692. The van der Waals surface area contributed by atoms with E-state index in [1.165, 1.54) is 0 Å². The predicted octanol–water partition coefficient (Wildman–Crippen LogP) is 1.16. The summed E-state index contributed by atoms with van der Waals surface area (Å²) >= 11 is 0. The number of piperidine rings is 1. The van der Waals surface area contributed by atoms with E-state index in [1.54, 1.807) is 17.0 Å². The highest BCUT2D eigenvalue weighted by Crippen LogP contribution is 2.12. The van der Waals surface area contributed by atoms with Crippen molar-refractivity contribution in [1.82, 2.24) is 14.9 Å². The highest BCUT2D eigenvalue weighted by molar-refractivity contribution is 5.32. The van der Waals surface area contributed by atoms with E-state index >= 15 is 0 Å². The van der Waals surface area contributed by atoms with Crippen molar-refractivity contribution < 1.29 is 0 Å². The summed E-state index contributed by atoms with van der Waals surface area (Å²) in [5, 5.41) is 6.58. The van der Waals surface area contributed by atoms with Crippen molar-refractivity contribution in [2.45, 2.75) is 45.2 Å². The smallest absolute Gasteiger partial charge is 0.293 e. The number of hydrogen-bond acceptors (Lipinski definition) is 4. The Kier molecular flexibility index (Phi) is 3.71. The van der Waals surface area contributed by atoms with Crippen LogP contribution >= 0.6 is 0 Å². The Labute approximate surface area is 108 Å². The van der Waals surface area contributed by atoms with Crippen molar-refractivity contribution in [3.63, 3.8) is 0 Å². The summed E-state index contributed by atoms with van der Waals surface area (Å²) in [7, 11) is 0. The second-order valence-electron chi connectivity index (χ2n) is 5.79. The molecule has 2 heterocycles. The monoisotopic (exact) mass is 250 g/mol. The molecule has 2 N–H and O–H groups in total. The minimum Gasteiger partial charge on any atom is -0.363 e. The molecule has 0 bridgehead atoms. The third-order valence-corrected chi connectivity index (χ3v) is 3.24. The Bertz CT molecular complexity index is 455. The molecule has 0 amide bonds. The number of nitrogens with zero attached hydrogens (tertiary/aromatic N) is 2. The van der Waals surface area contributed by atoms with Gasteiger partial charge in [0.1, 0.15) is 0 Å². The molecule has 5 heteroatoms. The first-order valence-corrected chi connectivity index (χ1v) is 6.54. The zero-order chi connectivity index (χ0) is 13.2. The summed E-state index contributed by atoms with van der Waals surface area (Å²) in [6.45, 7) is 8.05. The molecular weight excluding hydrogens is 228 g/mol. The van der Waals surface area contributed by atoms with Crippen molar-refractivity contribution >= 4 is 5.82 Å². The van der Waals surface area contributed by atoms with Gasteiger partial charge < -0.3 is 15.2 Å². The SMILES string of the molecule is CC(C)(C)n1ccnc(NC2CCNCC2)c1=O. The van der Waals surface area contributed by atoms with E-state index in [1.807, 2.05) is 20.8 Å². The predicted molar refractivity (Wildman–Crippen MR) is 73.0 cm³/mol. The van der Waals surface area contributed by atoms with E-state index in [-0.39, 0.29) is 11.1 Å². The average Bonchev–Trinajstić information content (AvgIpc) is 2.32. The maximum absolute atomic E-state index is 12.3. The third kappa shape index (κ3) is 2.90. The molecule has 1 saturated heterocycles. The van der Waals surface area contributed by atoms with E-state index in [2.05, 4.69) is 15.6 Å². The van der Waals surface area contributed by atoms with Crippen molar-refractivity contribution in [1.29, 1.82) is 0 Å². The second-order valence-corrected chi connectivity index (χ2v) is 5.79. The van der Waals surface area contributed by atoms with Crippen molar-refractivity contribution in [2.75, 3.05) is 18.4 Å². The van der Waals surface area contributed by atoms with Crippen LogP contribution in [0.3, 0.4) is 0 Å². The lowest BCUT2D eigenvalue weighted by Gasteiger charge is -2.26. The first kappa shape index (κ1) is 13.1. The number of anilines is 1. The average molecular weight is 250 g/mol. The van der Waals surface area contributed by atoms with Crippen LogP contribution < -0.4 is 16.2 Å². The van der Waals surface area contributed by atoms with E-state index in [9.17, 15) is 4.79 Å². The van der Waals surface area contributed by atoms with Gasteiger partial charge in [0.15, 0.2) is 5.82 Å². The van der Waals surface area contributed by atoms with Crippen molar-refractivity contribution in [3.8, 4) is 0 Å². The topological polar surface area (TPSA) is 59.0 Å². The van der Waals surface area contributed by atoms with E-state index in [0.717, 1.165) is 25.9 Å². The van der Waals surface area contributed by atoms with Crippen LogP contribution in [0.25, 0.3) is 0 Å². The second kappa shape index (κ2) is 5.10. The van der Waals surface area contributed by atoms with Crippen LogP contribution in [0.1, 0.15) is 33.6 Å². The first-order valence-electron chi connectivity index (χ1n) is 6.54. The van der Waals surface area contributed by atoms with Gasteiger partial charge in [-0.3, -0.25) is 4.79 Å². The van der Waals surface area contributed by atoms with Crippen LogP contribution in [-0.4, -0.2) is 28.7 Å². The Morgan fingerprint density at radius 2 is 2.06 bits per heavy atom. The lowest BCUT2D eigenvalue weighted by Crippen LogP contribution is -2.39. The van der Waals surface area contributed by atoms with Gasteiger partial charge in [-0.2, -0.15) is 0 Å². The van der Waals surface area contributed by atoms with Crippen LogP contribution in [0.4, 0.5) is 5.82 Å². The van der Waals surface area contributed by atoms with E-state index < -0.39 is 0 Å². The summed E-state index contributed by atoms with van der Waals surface area (Å²) in [6, 6.07) is 0.349. The number of rotatable bonds is 2. The van der Waals surface area contributed by atoms with Gasteiger partial charge in [-0.15, -0.1) is 0 Å². The molecule has 5 nitrogen and oxygen atoms in total. The van der Waals surface area contributed by atoms with Crippen LogP contribution in [-0.2, 0) is 5.54 Å². The number of hydrogen-bond donors (Lipinski definition) is 2. The molecular formula is C13H22N4O. The minimum atomic E-state index is -0.218. The molecule has 1 aliphatic rings. The van der Waals surface area contributed by atoms with Gasteiger partial charge in [-0.05, 0) is 46.7 Å². The van der Waals surface area contributed by atoms with Crippen molar-refractivity contribution in [2.24, 2.45) is 0 Å². The largest absolute Gasteiger partial charge is 0.363 e. The van der Waals surface area contributed by atoms with E-state index in [0.29, 0.717) is 11.9 Å². The van der Waals surface area contributed by atoms with Crippen molar-refractivity contribution in [3.05, 3.63) is 22.7 Å². The lowest BCUT2D eigenvalue weighted by atomic mass is 10.1. The Morgan fingerprint density at radius 3 is 2.67 bits per heavy atom. The molecule has 0 unspecified atom stereocenters. The lowest BCUT2D eigenvalue weighted by molar-refractivity contribution is 0.382. The molecule has 100 valence electrons. The molecule has 0 spiro atoms. The summed E-state index contributed by atoms with van der Waals surface area (Å²) < 4.78 is 1.73. The fourth-order valence-corrected chi connectivity index (χ4v) is 2.20. The van der Waals surface area contributed by atoms with Crippen LogP contribution in [0.2, 0.25) is 0 Å². The van der Waals surface area contributed by atoms with Gasteiger partial charge in [-0.1, -0.05) is 0 Å². The molecule has 1 aliphatic heterocycles. The van der Waals surface area contributed by atoms with Gasteiger partial charge in [0.05, 0.1) is 0 Å². The van der Waals surface area contributed by atoms with Gasteiger partial charge in [-0.25, -0.2) is 4.98 Å². The molecule has 0 aliphatic carbocycles. The highest BCUT2D eigenvalue weighted by atomic mass is 16.1. The Hall–Kier alpha value is -1.36. The number of aromatic nitrogens is 2. The molecule has 1 aromatic rings. The molecule has 0 saturated carbocycles. The van der Waals surface area contributed by atoms with Gasteiger partial charge in [0.25, 0.3) is 5.56 Å². The van der Waals surface area contributed by atoms with Gasteiger partial charge in [0, 0.05) is 24.0 Å². The van der Waals surface area contributed by atoms with Crippen LogP contribution in [0, 0.1) is 0 Å². The first-order chi connectivity index (χ1) is 8.48. The highest BCUT2D eigenvalue weighted by Gasteiger charge is 2.19. The Balaban J connectivity index is 2.21. The molecule has 18 heavy (non-hydrogen) atoms. The zero-order valence-electron chi connectivity index (χ0n) is 11.4. The third-order valence-electron chi connectivity index (χ3n) is 3.24. The summed E-state index contributed by atoms with van der Waals surface area (Å²) in [5.41, 5.74) is -0.256. The maximum atomic E-state index is 12.3. The Morgan fingerprint density at radius 1 is 1.39 bits per heavy atom. The molecule has 1 aromatic heterocycles. The molecule has 0 atom stereocenters. The standard InChI is InChI=1S/C13H22N4O/c1-13(2,3)17-9-8-15-11(12(17)18)16-10-4-6-14-7-5-10/h8-10,14H,4-7H2,1-3H3,(H,15,16). The fourth-order valence-electron chi connectivity index (χ4n) is 2.20. The van der Waals surface area contributed by atoms with Crippen LogP contribution in [0.15, 0.2) is 17.2 Å². The van der Waals surface area contributed by atoms with Crippen LogP contribution in [0.5, 0.6) is 0 Å². The molecule has 0 aromatic carbocycles. The normalized spacial score (nSPS) is 17.7. The van der Waals surface area contributed by atoms with Gasteiger partial charge >= 0.3 is 0 Å². The quantitative estimate of drug-likeness (QED) is 0.827. The van der Waals surface area contributed by atoms with Gasteiger partial charge in [0.2, 0.25) is 0 Å². The number of nitrogens with one attached hydrogen (secondary N) is 2. The minimum absolute atomic E-state index is 0.0384. The zero-order valence-corrected chi connectivity index (χ0v) is 11.4. The molecule has 1 fully saturated rings.